The van der Waals surface area contributed by atoms with Crippen molar-refractivity contribution in [1.29, 1.82) is 0 Å². The van der Waals surface area contributed by atoms with Crippen LogP contribution in [-0.2, 0) is 6.42 Å². The van der Waals surface area contributed by atoms with Crippen LogP contribution in [0.3, 0.4) is 0 Å². The number of pyridine rings is 1. The highest BCUT2D eigenvalue weighted by molar-refractivity contribution is 5.91. The Hall–Kier alpha value is -7.23. The lowest BCUT2D eigenvalue weighted by Gasteiger charge is -2.15. The van der Waals surface area contributed by atoms with Gasteiger partial charge in [0.1, 0.15) is 0 Å². The number of nitrogens with zero attached hydrogens (tertiary/aromatic N) is 3. The lowest BCUT2D eigenvalue weighted by Crippen LogP contribution is -1.99. The summed E-state index contributed by atoms with van der Waals surface area (Å²) >= 11 is 0. The second kappa shape index (κ2) is 16.8. The van der Waals surface area contributed by atoms with Crippen LogP contribution in [0.2, 0.25) is 0 Å². The van der Waals surface area contributed by atoms with Crippen LogP contribution >= 0.6 is 0 Å². The minimum atomic E-state index is 0.652. The van der Waals surface area contributed by atoms with Crippen molar-refractivity contribution in [3.05, 3.63) is 241 Å². The molecule has 0 bridgehead atoms. The Balaban J connectivity index is 1.21. The van der Waals surface area contributed by atoms with Gasteiger partial charge >= 0.3 is 0 Å². The minimum absolute atomic E-state index is 0.652. The molecule has 0 N–H and O–H groups in total. The number of hydrogen-bond donors (Lipinski definition) is 0. The van der Waals surface area contributed by atoms with Gasteiger partial charge in [-0.25, -0.2) is 9.97 Å². The fourth-order valence-electron chi connectivity index (χ4n) is 7.06. The molecule has 7 aromatic rings. The van der Waals surface area contributed by atoms with Gasteiger partial charge in [-0.05, 0) is 86.9 Å². The van der Waals surface area contributed by atoms with Gasteiger partial charge in [-0.2, -0.15) is 0 Å². The molecule has 1 aliphatic rings. The Labute approximate surface area is 329 Å². The van der Waals surface area contributed by atoms with Gasteiger partial charge in [-0.1, -0.05) is 183 Å². The summed E-state index contributed by atoms with van der Waals surface area (Å²) in [5.74, 6) is 0.652. The number of fused-ring (bicyclic) bond motifs is 2. The first kappa shape index (κ1) is 35.8. The summed E-state index contributed by atoms with van der Waals surface area (Å²) in [7, 11) is 0. The molecule has 0 saturated carbocycles. The second-order valence-electron chi connectivity index (χ2n) is 13.7. The predicted molar refractivity (Wildman–Crippen MR) is 237 cm³/mol. The molecule has 5 aromatic carbocycles. The Morgan fingerprint density at radius 2 is 1.39 bits per heavy atom. The van der Waals surface area contributed by atoms with Crippen LogP contribution in [0.4, 0.5) is 0 Å². The summed E-state index contributed by atoms with van der Waals surface area (Å²) in [5.41, 5.74) is 13.7. The van der Waals surface area contributed by atoms with Gasteiger partial charge in [0.15, 0.2) is 5.82 Å². The van der Waals surface area contributed by atoms with E-state index in [9.17, 15) is 0 Å². The standard InChI is InChI=1S/C53H41N3/c1-3-14-46(22-12-21-41-20-11-19-40-17-7-9-24-48(40)41)53-55-51(44-30-26-39(27-31-44)47-23-13-34-54-37-47)36-52(56-53)45-32-28-43(29-33-45)50-35-38(2)15-5-4-6-16-42-18-8-10-25-49(42)50/h3-15,17-37H,2,16H2,1H3/b6-4-,14-3-,15-5-,21-12+,46-22+,50-35-. The first-order chi connectivity index (χ1) is 27.6. The molecular formula is C53H41N3. The van der Waals surface area contributed by atoms with Gasteiger partial charge in [0.2, 0.25) is 0 Å². The molecule has 0 radical (unpaired) electrons. The molecule has 0 amide bonds. The quantitative estimate of drug-likeness (QED) is 0.147. The fourth-order valence-corrected chi connectivity index (χ4v) is 7.06. The molecule has 0 unspecified atom stereocenters. The third-order valence-corrected chi connectivity index (χ3v) is 9.91. The summed E-state index contributed by atoms with van der Waals surface area (Å²) in [4.78, 5) is 14.7. The zero-order chi connectivity index (χ0) is 38.1. The first-order valence-electron chi connectivity index (χ1n) is 18.9. The van der Waals surface area contributed by atoms with Crippen LogP contribution in [0.15, 0.2) is 213 Å². The highest BCUT2D eigenvalue weighted by Gasteiger charge is 2.14. The van der Waals surface area contributed by atoms with Gasteiger partial charge in [-0.15, -0.1) is 0 Å². The Bertz CT molecular complexity index is 2700. The molecule has 0 aliphatic heterocycles. The van der Waals surface area contributed by atoms with Crippen LogP contribution in [0.25, 0.3) is 61.6 Å². The predicted octanol–water partition coefficient (Wildman–Crippen LogP) is 13.4. The topological polar surface area (TPSA) is 38.7 Å². The lowest BCUT2D eigenvalue weighted by atomic mass is 9.90. The smallest absolute Gasteiger partial charge is 0.160 e. The highest BCUT2D eigenvalue weighted by Crippen LogP contribution is 2.33. The van der Waals surface area contributed by atoms with Crippen molar-refractivity contribution in [2.75, 3.05) is 0 Å². The van der Waals surface area contributed by atoms with Crippen molar-refractivity contribution in [3.8, 4) is 33.6 Å². The summed E-state index contributed by atoms with van der Waals surface area (Å²) in [6.07, 6.45) is 25.6. The molecule has 3 nitrogen and oxygen atoms in total. The summed E-state index contributed by atoms with van der Waals surface area (Å²) in [5, 5.41) is 2.43. The monoisotopic (exact) mass is 719 g/mol. The average Bonchev–Trinajstić information content (AvgIpc) is 3.26. The molecule has 2 aromatic heterocycles. The van der Waals surface area contributed by atoms with Gasteiger partial charge < -0.3 is 0 Å². The van der Waals surface area contributed by atoms with E-state index in [1.807, 2.05) is 25.3 Å². The van der Waals surface area contributed by atoms with Crippen molar-refractivity contribution in [2.45, 2.75) is 13.3 Å². The maximum Gasteiger partial charge on any atom is 0.160 e. The fraction of sp³-hybridized carbons (Fsp3) is 0.0377. The summed E-state index contributed by atoms with van der Waals surface area (Å²) in [6, 6.07) is 46.8. The van der Waals surface area contributed by atoms with Crippen molar-refractivity contribution in [3.63, 3.8) is 0 Å². The Morgan fingerprint density at radius 1 is 0.679 bits per heavy atom. The van der Waals surface area contributed by atoms with Gasteiger partial charge in [0.25, 0.3) is 0 Å². The molecule has 1 aliphatic carbocycles. The molecule has 0 fully saturated rings. The normalized spacial score (nSPS) is 15.4. The maximum absolute atomic E-state index is 5.21. The molecule has 8 rings (SSSR count). The maximum atomic E-state index is 5.21. The number of allylic oxidation sites excluding steroid dienone is 11. The SMILES string of the molecule is C=C1/C=C\C=C/Cc2ccccc2/C(c2ccc(-c3cc(-c4ccc(-c5cccnc5)cc4)nc(C(/C=C\C)=C/C=C/c4cccc5ccccc45)n3)cc2)=C\1. The van der Waals surface area contributed by atoms with Crippen molar-refractivity contribution in [1.82, 2.24) is 15.0 Å². The van der Waals surface area contributed by atoms with Crippen LogP contribution in [-0.4, -0.2) is 15.0 Å². The molecule has 0 saturated heterocycles. The van der Waals surface area contributed by atoms with Crippen molar-refractivity contribution < 1.29 is 0 Å². The summed E-state index contributed by atoms with van der Waals surface area (Å²) in [6.45, 7) is 6.35. The van der Waals surface area contributed by atoms with E-state index < -0.39 is 0 Å². The average molecular weight is 720 g/mol. The van der Waals surface area contributed by atoms with E-state index in [-0.39, 0.29) is 0 Å². The van der Waals surface area contributed by atoms with E-state index in [0.29, 0.717) is 5.82 Å². The lowest BCUT2D eigenvalue weighted by molar-refractivity contribution is 1.13. The Kier molecular flexibility index (Phi) is 10.8. The van der Waals surface area contributed by atoms with E-state index in [0.717, 1.165) is 67.9 Å². The molecule has 268 valence electrons. The highest BCUT2D eigenvalue weighted by atomic mass is 14.9. The first-order valence-corrected chi connectivity index (χ1v) is 18.9. The summed E-state index contributed by atoms with van der Waals surface area (Å²) < 4.78 is 0. The molecular weight excluding hydrogens is 679 g/mol. The van der Waals surface area contributed by atoms with Gasteiger partial charge in [0, 0.05) is 29.1 Å². The Morgan fingerprint density at radius 3 is 2.16 bits per heavy atom. The van der Waals surface area contributed by atoms with Crippen LogP contribution in [0.5, 0.6) is 0 Å². The molecule has 3 heteroatoms. The van der Waals surface area contributed by atoms with Crippen molar-refractivity contribution >= 4 is 28.0 Å². The molecule has 56 heavy (non-hydrogen) atoms. The zero-order valence-electron chi connectivity index (χ0n) is 31.4. The van der Waals surface area contributed by atoms with Crippen LogP contribution in [0.1, 0.15) is 35.0 Å². The van der Waals surface area contributed by atoms with E-state index >= 15 is 0 Å². The number of aromatic nitrogens is 3. The zero-order valence-corrected chi connectivity index (χ0v) is 31.4. The number of rotatable bonds is 8. The van der Waals surface area contributed by atoms with Gasteiger partial charge in [0.05, 0.1) is 11.4 Å². The second-order valence-corrected chi connectivity index (χ2v) is 13.7. The van der Waals surface area contributed by atoms with Gasteiger partial charge in [-0.3, -0.25) is 4.98 Å². The van der Waals surface area contributed by atoms with E-state index in [4.69, 9.17) is 9.97 Å². The number of benzene rings is 5. The number of hydrogen-bond acceptors (Lipinski definition) is 3. The molecule has 2 heterocycles. The molecule has 0 spiro atoms. The third-order valence-electron chi connectivity index (χ3n) is 9.91. The van der Waals surface area contributed by atoms with E-state index in [1.165, 1.54) is 21.9 Å². The molecule has 0 atom stereocenters. The van der Waals surface area contributed by atoms with Crippen LogP contribution < -0.4 is 0 Å². The van der Waals surface area contributed by atoms with Crippen LogP contribution in [0, 0.1) is 0 Å². The van der Waals surface area contributed by atoms with E-state index in [1.54, 1.807) is 6.20 Å². The largest absolute Gasteiger partial charge is 0.264 e. The van der Waals surface area contributed by atoms with E-state index in [2.05, 4.69) is 194 Å². The van der Waals surface area contributed by atoms with Crippen molar-refractivity contribution in [2.24, 2.45) is 0 Å². The minimum Gasteiger partial charge on any atom is -0.264 e. The third kappa shape index (κ3) is 8.13.